The van der Waals surface area contributed by atoms with Gasteiger partial charge in [0.1, 0.15) is 11.4 Å². The standard InChI is InChI=1S/C26H23F3N6O2S/c1-15(36)31-17-11-18(27)24(19(28)12-17)35-9-3-4-21(35)20-14-38-26(32-20)33-25(37)22-5-2-8-34(22)13-16-6-7-30-23(29)10-16/h2,5-8,10-12,14,21H,3-4,9,13H2,1H3,(H,31,36)(H,32,33,37)/t21-/m1/s1. The van der Waals surface area contributed by atoms with Gasteiger partial charge in [0.15, 0.2) is 16.8 Å². The second-order valence-corrected chi connectivity index (χ2v) is 9.72. The van der Waals surface area contributed by atoms with E-state index in [1.807, 2.05) is 0 Å². The average Bonchev–Trinajstić information content (AvgIpc) is 3.59. The van der Waals surface area contributed by atoms with Crippen molar-refractivity contribution in [1.29, 1.82) is 0 Å². The molecule has 1 saturated heterocycles. The number of amides is 2. The molecule has 4 aromatic rings. The summed E-state index contributed by atoms with van der Waals surface area (Å²) < 4.78 is 45.0. The smallest absolute Gasteiger partial charge is 0.274 e. The molecule has 8 nitrogen and oxygen atoms in total. The number of nitrogens with one attached hydrogen (secondary N) is 2. The highest BCUT2D eigenvalue weighted by atomic mass is 32.1. The van der Waals surface area contributed by atoms with Crippen molar-refractivity contribution in [3.63, 3.8) is 0 Å². The van der Waals surface area contributed by atoms with Gasteiger partial charge in [-0.05, 0) is 54.8 Å². The van der Waals surface area contributed by atoms with Crippen molar-refractivity contribution in [3.05, 3.63) is 88.7 Å². The summed E-state index contributed by atoms with van der Waals surface area (Å²) >= 11 is 1.22. The maximum absolute atomic E-state index is 14.9. The lowest BCUT2D eigenvalue weighted by atomic mass is 10.1. The van der Waals surface area contributed by atoms with Gasteiger partial charge >= 0.3 is 0 Å². The number of carbonyl (C=O) groups excluding carboxylic acids is 2. The summed E-state index contributed by atoms with van der Waals surface area (Å²) in [5.74, 6) is -2.97. The minimum absolute atomic E-state index is 0.0458. The predicted molar refractivity (Wildman–Crippen MR) is 138 cm³/mol. The monoisotopic (exact) mass is 540 g/mol. The van der Waals surface area contributed by atoms with E-state index in [9.17, 15) is 22.8 Å². The summed E-state index contributed by atoms with van der Waals surface area (Å²) in [5, 5.41) is 7.29. The van der Waals surface area contributed by atoms with Crippen molar-refractivity contribution in [3.8, 4) is 0 Å². The number of rotatable bonds is 7. The molecule has 0 radical (unpaired) electrons. The molecular weight excluding hydrogens is 517 g/mol. The van der Waals surface area contributed by atoms with Gasteiger partial charge in [-0.15, -0.1) is 11.3 Å². The molecule has 0 saturated carbocycles. The molecule has 2 amide bonds. The number of pyridine rings is 1. The number of benzene rings is 1. The third-order valence-corrected chi connectivity index (χ3v) is 6.94. The van der Waals surface area contributed by atoms with E-state index in [1.54, 1.807) is 39.2 Å². The Morgan fingerprint density at radius 3 is 2.66 bits per heavy atom. The molecule has 0 spiro atoms. The molecule has 1 atom stereocenters. The Morgan fingerprint density at radius 2 is 1.92 bits per heavy atom. The molecule has 1 fully saturated rings. The minimum Gasteiger partial charge on any atom is -0.358 e. The number of hydrogen-bond donors (Lipinski definition) is 2. The molecule has 0 unspecified atom stereocenters. The number of nitrogens with zero attached hydrogens (tertiary/aromatic N) is 4. The van der Waals surface area contributed by atoms with E-state index in [2.05, 4.69) is 20.6 Å². The first-order chi connectivity index (χ1) is 18.3. The van der Waals surface area contributed by atoms with Crippen LogP contribution >= 0.6 is 11.3 Å². The second-order valence-electron chi connectivity index (χ2n) is 8.86. The Labute approximate surface area is 220 Å². The van der Waals surface area contributed by atoms with Gasteiger partial charge in [-0.1, -0.05) is 0 Å². The Morgan fingerprint density at radius 1 is 1.13 bits per heavy atom. The van der Waals surface area contributed by atoms with Crippen molar-refractivity contribution in [2.75, 3.05) is 22.1 Å². The highest BCUT2D eigenvalue weighted by Crippen LogP contribution is 2.40. The lowest BCUT2D eigenvalue weighted by Crippen LogP contribution is -2.25. The van der Waals surface area contributed by atoms with Crippen molar-refractivity contribution in [1.82, 2.24) is 14.5 Å². The summed E-state index contributed by atoms with van der Waals surface area (Å²) in [6.07, 6.45) is 4.43. The van der Waals surface area contributed by atoms with Crippen LogP contribution in [0.4, 0.5) is 29.7 Å². The van der Waals surface area contributed by atoms with Crippen LogP contribution in [0.1, 0.15) is 47.6 Å². The van der Waals surface area contributed by atoms with Gasteiger partial charge in [0.25, 0.3) is 5.91 Å². The number of carbonyl (C=O) groups is 2. The Kier molecular flexibility index (Phi) is 7.14. The van der Waals surface area contributed by atoms with Gasteiger partial charge in [-0.25, -0.2) is 18.7 Å². The van der Waals surface area contributed by atoms with Crippen molar-refractivity contribution < 1.29 is 22.8 Å². The predicted octanol–water partition coefficient (Wildman–Crippen LogP) is 5.36. The van der Waals surface area contributed by atoms with Gasteiger partial charge in [0.05, 0.1) is 11.7 Å². The van der Waals surface area contributed by atoms with Crippen LogP contribution in [0.25, 0.3) is 0 Å². The van der Waals surface area contributed by atoms with Crippen LogP contribution in [0.5, 0.6) is 0 Å². The quantitative estimate of drug-likeness (QED) is 0.308. The van der Waals surface area contributed by atoms with Crippen LogP contribution in [0.3, 0.4) is 0 Å². The molecule has 3 aromatic heterocycles. The number of halogens is 3. The van der Waals surface area contributed by atoms with Crippen LogP contribution in [0.2, 0.25) is 0 Å². The minimum atomic E-state index is -0.778. The fraction of sp³-hybridized carbons (Fsp3) is 0.231. The summed E-state index contributed by atoms with van der Waals surface area (Å²) in [4.78, 5) is 33.9. The summed E-state index contributed by atoms with van der Waals surface area (Å²) in [6.45, 7) is 1.98. The summed E-state index contributed by atoms with van der Waals surface area (Å²) in [5.41, 5.74) is 1.49. The lowest BCUT2D eigenvalue weighted by molar-refractivity contribution is -0.114. The molecule has 1 aliphatic heterocycles. The van der Waals surface area contributed by atoms with Crippen LogP contribution < -0.4 is 15.5 Å². The molecule has 12 heteroatoms. The van der Waals surface area contributed by atoms with E-state index < -0.39 is 23.5 Å². The van der Waals surface area contributed by atoms with E-state index in [0.29, 0.717) is 41.5 Å². The van der Waals surface area contributed by atoms with E-state index in [1.165, 1.54) is 30.5 Å². The van der Waals surface area contributed by atoms with Gasteiger partial charge in [-0.2, -0.15) is 4.39 Å². The van der Waals surface area contributed by atoms with E-state index >= 15 is 0 Å². The fourth-order valence-corrected chi connectivity index (χ4v) is 5.36. The van der Waals surface area contributed by atoms with E-state index in [4.69, 9.17) is 0 Å². The zero-order valence-electron chi connectivity index (χ0n) is 20.2. The van der Waals surface area contributed by atoms with Gasteiger partial charge in [0.2, 0.25) is 11.9 Å². The normalized spacial score (nSPS) is 15.1. The van der Waals surface area contributed by atoms with Gasteiger partial charge in [-0.3, -0.25) is 14.9 Å². The largest absolute Gasteiger partial charge is 0.358 e. The SMILES string of the molecule is CC(=O)Nc1cc(F)c(N2CCC[C@@H]2c2csc(NC(=O)c3cccn3Cc3ccnc(F)c3)n2)c(F)c1. The number of thiazole rings is 1. The van der Waals surface area contributed by atoms with E-state index in [-0.39, 0.29) is 29.9 Å². The molecule has 196 valence electrons. The second kappa shape index (κ2) is 10.7. The zero-order chi connectivity index (χ0) is 26.8. The molecule has 4 heterocycles. The maximum Gasteiger partial charge on any atom is 0.274 e. The van der Waals surface area contributed by atoms with Crippen LogP contribution in [0.15, 0.2) is 54.2 Å². The van der Waals surface area contributed by atoms with Crippen LogP contribution in [-0.4, -0.2) is 32.9 Å². The number of anilines is 3. The lowest BCUT2D eigenvalue weighted by Gasteiger charge is -2.26. The topological polar surface area (TPSA) is 92.2 Å². The first-order valence-electron chi connectivity index (χ1n) is 11.8. The first kappa shape index (κ1) is 25.5. The van der Waals surface area contributed by atoms with Gasteiger partial charge < -0.3 is 14.8 Å². The van der Waals surface area contributed by atoms with Crippen molar-refractivity contribution in [2.45, 2.75) is 32.4 Å². The van der Waals surface area contributed by atoms with Crippen molar-refractivity contribution in [2.24, 2.45) is 0 Å². The molecule has 38 heavy (non-hydrogen) atoms. The first-order valence-corrected chi connectivity index (χ1v) is 12.7. The Bertz CT molecular complexity index is 1480. The summed E-state index contributed by atoms with van der Waals surface area (Å²) in [7, 11) is 0. The van der Waals surface area contributed by atoms with Crippen LogP contribution in [-0.2, 0) is 11.3 Å². The number of hydrogen-bond acceptors (Lipinski definition) is 6. The van der Waals surface area contributed by atoms with E-state index in [0.717, 1.165) is 12.1 Å². The van der Waals surface area contributed by atoms with Crippen molar-refractivity contribution >= 4 is 39.7 Å². The number of aromatic nitrogens is 3. The molecule has 0 aliphatic carbocycles. The highest BCUT2D eigenvalue weighted by Gasteiger charge is 2.32. The van der Waals surface area contributed by atoms with Gasteiger partial charge in [0, 0.05) is 43.5 Å². The average molecular weight is 541 g/mol. The fourth-order valence-electron chi connectivity index (χ4n) is 4.61. The molecule has 1 aliphatic rings. The third kappa shape index (κ3) is 5.40. The summed E-state index contributed by atoms with van der Waals surface area (Å²) in [6, 6.07) is 8.16. The zero-order valence-corrected chi connectivity index (χ0v) is 21.1. The molecular formula is C26H23F3N6O2S. The molecule has 0 bridgehead atoms. The maximum atomic E-state index is 14.9. The Balaban J connectivity index is 1.31. The Hall–Kier alpha value is -4.19. The highest BCUT2D eigenvalue weighted by molar-refractivity contribution is 7.14. The molecule has 1 aromatic carbocycles. The molecule has 2 N–H and O–H groups in total. The van der Waals surface area contributed by atoms with Crippen LogP contribution in [0, 0.1) is 17.6 Å². The third-order valence-electron chi connectivity index (χ3n) is 6.17. The molecule has 5 rings (SSSR count).